The van der Waals surface area contributed by atoms with Crippen LogP contribution in [0.15, 0.2) is 30.3 Å². The van der Waals surface area contributed by atoms with Crippen molar-refractivity contribution in [3.8, 4) is 5.75 Å². The molecule has 0 fully saturated rings. The van der Waals surface area contributed by atoms with E-state index in [0.29, 0.717) is 18.1 Å². The highest BCUT2D eigenvalue weighted by atomic mass is 35.5. The molecule has 26 heavy (non-hydrogen) atoms. The highest BCUT2D eigenvalue weighted by Crippen LogP contribution is 2.25. The Balaban J connectivity index is 1.88. The molecule has 6 heteroatoms. The van der Waals surface area contributed by atoms with Gasteiger partial charge in [0.05, 0.1) is 12.8 Å². The molecule has 0 atom stereocenters. The molecule has 2 aromatic rings. The molecule has 0 aromatic heterocycles. The summed E-state index contributed by atoms with van der Waals surface area (Å²) in [6.45, 7) is 5.31. The molecule has 0 aliphatic rings. The van der Waals surface area contributed by atoms with Crippen molar-refractivity contribution in [1.82, 2.24) is 4.90 Å². The number of rotatable bonds is 7. The van der Waals surface area contributed by atoms with Gasteiger partial charge in [-0.15, -0.1) is 0 Å². The van der Waals surface area contributed by atoms with Crippen LogP contribution in [0.4, 0.5) is 10.1 Å². The Morgan fingerprint density at radius 3 is 2.46 bits per heavy atom. The normalized spacial score (nSPS) is 10.9. The molecule has 0 saturated heterocycles. The van der Waals surface area contributed by atoms with Crippen LogP contribution in [0.1, 0.15) is 23.1 Å². The standard InChI is InChI=1S/C20H24ClFN2O2/c1-13-9-15(10-14(2)20(13)26-4)12-24(3)8-7-19(25)23-18-6-5-16(21)11-17(18)22/h5-6,9-11H,7-8,12H2,1-4H3,(H,23,25). The Kier molecular flexibility index (Phi) is 7.00. The second kappa shape index (κ2) is 9.01. The molecule has 0 saturated carbocycles. The summed E-state index contributed by atoms with van der Waals surface area (Å²) >= 11 is 5.71. The smallest absolute Gasteiger partial charge is 0.225 e. The van der Waals surface area contributed by atoms with Gasteiger partial charge in [0.1, 0.15) is 11.6 Å². The van der Waals surface area contributed by atoms with Crippen molar-refractivity contribution >= 4 is 23.2 Å². The number of hydrogen-bond donors (Lipinski definition) is 1. The van der Waals surface area contributed by atoms with E-state index in [0.717, 1.165) is 22.4 Å². The number of carbonyl (C=O) groups excluding carboxylic acids is 1. The molecule has 0 radical (unpaired) electrons. The third kappa shape index (κ3) is 5.44. The highest BCUT2D eigenvalue weighted by molar-refractivity contribution is 6.30. The van der Waals surface area contributed by atoms with Crippen LogP contribution in [0.5, 0.6) is 5.75 Å². The van der Waals surface area contributed by atoms with Crippen LogP contribution in [-0.4, -0.2) is 31.5 Å². The molecule has 140 valence electrons. The van der Waals surface area contributed by atoms with Gasteiger partial charge < -0.3 is 15.0 Å². The first kappa shape index (κ1) is 20.2. The van der Waals surface area contributed by atoms with Crippen LogP contribution in [-0.2, 0) is 11.3 Å². The van der Waals surface area contributed by atoms with Gasteiger partial charge in [0, 0.05) is 24.5 Å². The molecule has 0 heterocycles. The molecular weight excluding hydrogens is 355 g/mol. The average Bonchev–Trinajstić information content (AvgIpc) is 2.55. The topological polar surface area (TPSA) is 41.6 Å². The van der Waals surface area contributed by atoms with E-state index in [1.54, 1.807) is 13.2 Å². The van der Waals surface area contributed by atoms with E-state index in [9.17, 15) is 9.18 Å². The van der Waals surface area contributed by atoms with Crippen molar-refractivity contribution < 1.29 is 13.9 Å². The van der Waals surface area contributed by atoms with Crippen LogP contribution in [0.25, 0.3) is 0 Å². The summed E-state index contributed by atoms with van der Waals surface area (Å²) in [6, 6.07) is 8.36. The largest absolute Gasteiger partial charge is 0.496 e. The highest BCUT2D eigenvalue weighted by Gasteiger charge is 2.11. The fourth-order valence-corrected chi connectivity index (χ4v) is 3.10. The number of halogens is 2. The minimum Gasteiger partial charge on any atom is -0.496 e. The summed E-state index contributed by atoms with van der Waals surface area (Å²) in [6.07, 6.45) is 0.271. The number of amides is 1. The number of aryl methyl sites for hydroxylation is 2. The van der Waals surface area contributed by atoms with Gasteiger partial charge in [-0.1, -0.05) is 23.7 Å². The molecule has 0 unspecified atom stereocenters. The lowest BCUT2D eigenvalue weighted by Gasteiger charge is -2.18. The van der Waals surface area contributed by atoms with Gasteiger partial charge >= 0.3 is 0 Å². The Morgan fingerprint density at radius 1 is 1.23 bits per heavy atom. The molecule has 0 bridgehead atoms. The van der Waals surface area contributed by atoms with Crippen LogP contribution >= 0.6 is 11.6 Å². The molecule has 4 nitrogen and oxygen atoms in total. The van der Waals surface area contributed by atoms with Crippen molar-refractivity contribution in [2.45, 2.75) is 26.8 Å². The van der Waals surface area contributed by atoms with E-state index in [-0.39, 0.29) is 18.0 Å². The van der Waals surface area contributed by atoms with Gasteiger partial charge in [0.15, 0.2) is 0 Å². The molecule has 0 spiro atoms. The zero-order chi connectivity index (χ0) is 19.3. The number of nitrogens with one attached hydrogen (secondary N) is 1. The molecule has 0 aliphatic carbocycles. The predicted molar refractivity (Wildman–Crippen MR) is 103 cm³/mol. The van der Waals surface area contributed by atoms with Crippen LogP contribution in [0.3, 0.4) is 0 Å². The average molecular weight is 379 g/mol. The van der Waals surface area contributed by atoms with Crippen LogP contribution in [0, 0.1) is 19.7 Å². The summed E-state index contributed by atoms with van der Waals surface area (Å²) in [5.74, 6) is 0.129. The summed E-state index contributed by atoms with van der Waals surface area (Å²) in [5.41, 5.74) is 3.48. The summed E-state index contributed by atoms with van der Waals surface area (Å²) < 4.78 is 19.1. The van der Waals surface area contributed by atoms with E-state index in [1.807, 2.05) is 20.9 Å². The Morgan fingerprint density at radius 2 is 1.88 bits per heavy atom. The monoisotopic (exact) mass is 378 g/mol. The van der Waals surface area contributed by atoms with Crippen molar-refractivity contribution in [3.63, 3.8) is 0 Å². The first-order valence-corrected chi connectivity index (χ1v) is 8.75. The molecule has 1 N–H and O–H groups in total. The quantitative estimate of drug-likeness (QED) is 0.767. The molecule has 2 aromatic carbocycles. The van der Waals surface area contributed by atoms with Gasteiger partial charge in [0.25, 0.3) is 0 Å². The third-order valence-corrected chi connectivity index (χ3v) is 4.34. The molecule has 1 amide bonds. The van der Waals surface area contributed by atoms with E-state index < -0.39 is 5.82 Å². The van der Waals surface area contributed by atoms with Gasteiger partial charge in [0.2, 0.25) is 5.91 Å². The minimum atomic E-state index is -0.539. The summed E-state index contributed by atoms with van der Waals surface area (Å²) in [5, 5.41) is 2.87. The molecular formula is C20H24ClFN2O2. The van der Waals surface area contributed by atoms with Gasteiger partial charge in [-0.05, 0) is 55.8 Å². The summed E-state index contributed by atoms with van der Waals surface area (Å²) in [4.78, 5) is 14.1. The first-order chi connectivity index (χ1) is 12.3. The number of ether oxygens (including phenoxy) is 1. The maximum absolute atomic E-state index is 13.7. The molecule has 2 rings (SSSR count). The fraction of sp³-hybridized carbons (Fsp3) is 0.350. The maximum Gasteiger partial charge on any atom is 0.225 e. The lowest BCUT2D eigenvalue weighted by molar-refractivity contribution is -0.116. The van der Waals surface area contributed by atoms with E-state index in [4.69, 9.17) is 16.3 Å². The van der Waals surface area contributed by atoms with Gasteiger partial charge in [-0.3, -0.25) is 4.79 Å². The van der Waals surface area contributed by atoms with Crippen molar-refractivity contribution in [1.29, 1.82) is 0 Å². The Hall–Kier alpha value is -2.11. The number of hydrogen-bond acceptors (Lipinski definition) is 3. The van der Waals surface area contributed by atoms with E-state index in [2.05, 4.69) is 22.3 Å². The second-order valence-corrected chi connectivity index (χ2v) is 6.86. The first-order valence-electron chi connectivity index (χ1n) is 8.37. The number of anilines is 1. The van der Waals surface area contributed by atoms with Crippen LogP contribution in [0.2, 0.25) is 5.02 Å². The Labute approximate surface area is 158 Å². The second-order valence-electron chi connectivity index (χ2n) is 6.42. The van der Waals surface area contributed by atoms with Crippen LogP contribution < -0.4 is 10.1 Å². The third-order valence-electron chi connectivity index (χ3n) is 4.10. The lowest BCUT2D eigenvalue weighted by Crippen LogP contribution is -2.24. The molecule has 0 aliphatic heterocycles. The zero-order valence-corrected chi connectivity index (χ0v) is 16.3. The number of carbonyl (C=O) groups is 1. The summed E-state index contributed by atoms with van der Waals surface area (Å²) in [7, 11) is 3.62. The van der Waals surface area contributed by atoms with Gasteiger partial charge in [-0.25, -0.2) is 4.39 Å². The zero-order valence-electron chi connectivity index (χ0n) is 15.5. The van der Waals surface area contributed by atoms with Gasteiger partial charge in [-0.2, -0.15) is 0 Å². The van der Waals surface area contributed by atoms with E-state index in [1.165, 1.54) is 12.1 Å². The predicted octanol–water partition coefficient (Wildman–Crippen LogP) is 4.57. The Bertz CT molecular complexity index is 772. The van der Waals surface area contributed by atoms with Crippen molar-refractivity contribution in [2.75, 3.05) is 26.0 Å². The van der Waals surface area contributed by atoms with Crippen molar-refractivity contribution in [2.24, 2.45) is 0 Å². The maximum atomic E-state index is 13.7. The number of benzene rings is 2. The minimum absolute atomic E-state index is 0.142. The van der Waals surface area contributed by atoms with Crippen molar-refractivity contribution in [3.05, 3.63) is 57.9 Å². The SMILES string of the molecule is COc1c(C)cc(CN(C)CCC(=O)Nc2ccc(Cl)cc2F)cc1C. The number of methoxy groups -OCH3 is 1. The fourth-order valence-electron chi connectivity index (χ4n) is 2.94. The number of nitrogens with zero attached hydrogens (tertiary/aromatic N) is 1. The lowest BCUT2D eigenvalue weighted by atomic mass is 10.1. The van der Waals surface area contributed by atoms with E-state index >= 15 is 0 Å².